The first kappa shape index (κ1) is 21.2. The van der Waals surface area contributed by atoms with Crippen molar-refractivity contribution in [3.05, 3.63) is 70.0 Å². The number of hydrogen-bond acceptors (Lipinski definition) is 6. The van der Waals surface area contributed by atoms with Crippen LogP contribution in [0.5, 0.6) is 0 Å². The fourth-order valence-corrected chi connectivity index (χ4v) is 4.37. The average Bonchev–Trinajstić information content (AvgIpc) is 3.31. The second kappa shape index (κ2) is 8.85. The van der Waals surface area contributed by atoms with Crippen molar-refractivity contribution in [2.45, 2.75) is 24.4 Å². The molecule has 0 bridgehead atoms. The van der Waals surface area contributed by atoms with E-state index in [-0.39, 0.29) is 23.7 Å². The Labute approximate surface area is 171 Å². The van der Waals surface area contributed by atoms with Crippen LogP contribution in [0, 0.1) is 0 Å². The van der Waals surface area contributed by atoms with E-state index in [2.05, 4.69) is 5.10 Å². The molecule has 3 rings (SSSR count). The number of thiophene rings is 1. The molecule has 2 N–H and O–H groups in total. The van der Waals surface area contributed by atoms with Crippen molar-refractivity contribution in [1.29, 1.82) is 0 Å². The van der Waals surface area contributed by atoms with Crippen LogP contribution in [0.4, 0.5) is 4.39 Å². The molecule has 0 saturated carbocycles. The van der Waals surface area contributed by atoms with E-state index >= 15 is 0 Å². The second-order valence-electron chi connectivity index (χ2n) is 6.55. The van der Waals surface area contributed by atoms with Crippen LogP contribution in [0.3, 0.4) is 0 Å². The Balaban J connectivity index is 1.67. The monoisotopic (exact) mass is 436 g/mol. The molecule has 0 spiro atoms. The van der Waals surface area contributed by atoms with E-state index in [1.54, 1.807) is 35.6 Å². The topological polar surface area (TPSA) is 100.0 Å². The minimum atomic E-state index is -3.22. The summed E-state index contributed by atoms with van der Waals surface area (Å²) in [5.41, 5.74) is 6.33. The number of nitrogens with two attached hydrogens (primary N) is 1. The van der Waals surface area contributed by atoms with Gasteiger partial charge in [0, 0.05) is 29.1 Å². The number of aromatic nitrogens is 3. The van der Waals surface area contributed by atoms with Crippen molar-refractivity contribution in [3.8, 4) is 10.4 Å². The number of rotatable bonds is 8. The highest BCUT2D eigenvalue weighted by Gasteiger charge is 2.10. The van der Waals surface area contributed by atoms with Gasteiger partial charge >= 0.3 is 5.69 Å². The Bertz CT molecular complexity index is 1170. The maximum atomic E-state index is 12.7. The molecular weight excluding hydrogens is 415 g/mol. The Hall–Kier alpha value is -2.56. The predicted octanol–water partition coefficient (Wildman–Crippen LogP) is 2.23. The third-order valence-electron chi connectivity index (χ3n) is 4.39. The number of halogens is 1. The molecule has 0 saturated heterocycles. The summed E-state index contributed by atoms with van der Waals surface area (Å²) >= 11 is 1.58. The maximum absolute atomic E-state index is 12.7. The lowest BCUT2D eigenvalue weighted by Crippen LogP contribution is -2.27. The normalized spacial score (nSPS) is 12.4. The van der Waals surface area contributed by atoms with E-state index in [0.29, 0.717) is 24.9 Å². The van der Waals surface area contributed by atoms with Crippen molar-refractivity contribution in [2.75, 3.05) is 12.8 Å². The number of sulfone groups is 1. The van der Waals surface area contributed by atoms with E-state index in [1.807, 2.05) is 12.1 Å². The van der Waals surface area contributed by atoms with Crippen LogP contribution in [-0.4, -0.2) is 35.6 Å². The van der Waals surface area contributed by atoms with Gasteiger partial charge in [-0.3, -0.25) is 4.57 Å². The zero-order chi connectivity index (χ0) is 21.0. The number of aryl methyl sites for hydroxylation is 2. The number of nitrogens with zero attached hydrogens (tertiary/aromatic N) is 3. The molecule has 3 aromatic rings. The van der Waals surface area contributed by atoms with Gasteiger partial charge < -0.3 is 5.73 Å². The molecule has 10 heteroatoms. The van der Waals surface area contributed by atoms with Gasteiger partial charge in [-0.05, 0) is 41.8 Å². The molecular formula is C19H21FN4O3S2. The molecule has 0 unspecified atom stereocenters. The van der Waals surface area contributed by atoms with E-state index in [0.717, 1.165) is 15.3 Å². The largest absolute Gasteiger partial charge is 0.346 e. The Morgan fingerprint density at radius 2 is 1.97 bits per heavy atom. The highest BCUT2D eigenvalue weighted by molar-refractivity contribution is 7.90. The van der Waals surface area contributed by atoms with Gasteiger partial charge in [-0.15, -0.1) is 11.3 Å². The molecule has 0 radical (unpaired) electrons. The Morgan fingerprint density at radius 3 is 2.59 bits per heavy atom. The Kier molecular flexibility index (Phi) is 6.46. The number of benzene rings is 1. The van der Waals surface area contributed by atoms with Crippen molar-refractivity contribution in [2.24, 2.45) is 5.73 Å². The number of hydrogen-bond donors (Lipinski definition) is 1. The van der Waals surface area contributed by atoms with Gasteiger partial charge in [0.2, 0.25) is 0 Å². The van der Waals surface area contributed by atoms with Crippen molar-refractivity contribution < 1.29 is 12.8 Å². The fourth-order valence-electron chi connectivity index (χ4n) is 2.73. The van der Waals surface area contributed by atoms with Gasteiger partial charge in [-0.2, -0.15) is 5.10 Å². The minimum Gasteiger partial charge on any atom is -0.327 e. The lowest BCUT2D eigenvalue weighted by molar-refractivity contribution is 0.594. The van der Waals surface area contributed by atoms with Crippen molar-refractivity contribution in [3.63, 3.8) is 0 Å². The van der Waals surface area contributed by atoms with Gasteiger partial charge in [0.1, 0.15) is 6.33 Å². The van der Waals surface area contributed by atoms with Crippen LogP contribution in [0.15, 0.2) is 64.3 Å². The summed E-state index contributed by atoms with van der Waals surface area (Å²) in [6.45, 7) is 0.507. The third-order valence-corrected chi connectivity index (χ3v) is 6.72. The Morgan fingerprint density at radius 1 is 1.24 bits per heavy atom. The SMILES string of the molecule is CS(=O)(=O)c1ccc(-c2ccc(CCn3cnn(C/C(=C/F)CN)c3=O)s2)cc1. The molecule has 0 aliphatic carbocycles. The molecule has 1 aromatic carbocycles. The van der Waals surface area contributed by atoms with Crippen LogP contribution in [0.2, 0.25) is 0 Å². The lowest BCUT2D eigenvalue weighted by atomic mass is 10.2. The summed E-state index contributed by atoms with van der Waals surface area (Å²) in [7, 11) is -3.22. The summed E-state index contributed by atoms with van der Waals surface area (Å²) < 4.78 is 38.4. The van der Waals surface area contributed by atoms with Gasteiger partial charge in [-0.1, -0.05) is 12.1 Å². The summed E-state index contributed by atoms with van der Waals surface area (Å²) in [6.07, 6.45) is 3.66. The molecule has 0 aliphatic heterocycles. The van der Waals surface area contributed by atoms with Crippen LogP contribution >= 0.6 is 11.3 Å². The van der Waals surface area contributed by atoms with Crippen molar-refractivity contribution >= 4 is 21.2 Å². The molecule has 2 heterocycles. The van der Waals surface area contributed by atoms with E-state index < -0.39 is 9.84 Å². The quantitative estimate of drug-likeness (QED) is 0.584. The summed E-state index contributed by atoms with van der Waals surface area (Å²) in [5, 5.41) is 4.00. The summed E-state index contributed by atoms with van der Waals surface area (Å²) in [6, 6.07) is 10.7. The van der Waals surface area contributed by atoms with Crippen molar-refractivity contribution in [1.82, 2.24) is 14.3 Å². The van der Waals surface area contributed by atoms with Crippen LogP contribution < -0.4 is 11.4 Å². The fraction of sp³-hybridized carbons (Fsp3) is 0.263. The highest BCUT2D eigenvalue weighted by Crippen LogP contribution is 2.29. The molecule has 0 amide bonds. The van der Waals surface area contributed by atoms with Gasteiger partial charge in [0.15, 0.2) is 9.84 Å². The predicted molar refractivity (Wildman–Crippen MR) is 111 cm³/mol. The molecule has 0 atom stereocenters. The maximum Gasteiger partial charge on any atom is 0.346 e. The molecule has 0 fully saturated rings. The summed E-state index contributed by atoms with van der Waals surface area (Å²) in [5.74, 6) is 0. The first-order chi connectivity index (χ1) is 13.8. The average molecular weight is 437 g/mol. The van der Waals surface area contributed by atoms with E-state index in [1.165, 1.54) is 21.8 Å². The van der Waals surface area contributed by atoms with Gasteiger partial charge in [0.25, 0.3) is 0 Å². The van der Waals surface area contributed by atoms with Gasteiger partial charge in [-0.25, -0.2) is 22.3 Å². The van der Waals surface area contributed by atoms with Gasteiger partial charge in [0.05, 0.1) is 17.8 Å². The molecule has 0 aliphatic rings. The smallest absolute Gasteiger partial charge is 0.327 e. The lowest BCUT2D eigenvalue weighted by Gasteiger charge is -2.02. The molecule has 2 aromatic heterocycles. The zero-order valence-electron chi connectivity index (χ0n) is 15.8. The van der Waals surface area contributed by atoms with Crippen LogP contribution in [-0.2, 0) is 29.3 Å². The minimum absolute atomic E-state index is 0.0267. The molecule has 7 nitrogen and oxygen atoms in total. The summed E-state index contributed by atoms with van der Waals surface area (Å²) in [4.78, 5) is 14.7. The molecule has 29 heavy (non-hydrogen) atoms. The first-order valence-electron chi connectivity index (χ1n) is 8.81. The molecule has 154 valence electrons. The second-order valence-corrected chi connectivity index (χ2v) is 9.73. The first-order valence-corrected chi connectivity index (χ1v) is 11.5. The third kappa shape index (κ3) is 5.08. The standard InChI is InChI=1S/C19H21FN4O3S2/c1-29(26,27)17-5-2-15(3-6-17)18-7-4-16(28-18)8-9-23-13-22-24(19(23)25)12-14(10-20)11-21/h2-7,10,13H,8-9,11-12,21H2,1H3/b14-10+. The zero-order valence-corrected chi connectivity index (χ0v) is 17.4. The van der Waals surface area contributed by atoms with E-state index in [9.17, 15) is 17.6 Å². The highest BCUT2D eigenvalue weighted by atomic mass is 32.2. The van der Waals surface area contributed by atoms with Crippen LogP contribution in [0.1, 0.15) is 4.88 Å². The van der Waals surface area contributed by atoms with E-state index in [4.69, 9.17) is 5.73 Å². The van der Waals surface area contributed by atoms with Crippen LogP contribution in [0.25, 0.3) is 10.4 Å².